The third-order valence-corrected chi connectivity index (χ3v) is 4.42. The molecule has 1 N–H and O–H groups in total. The lowest BCUT2D eigenvalue weighted by atomic mass is 9.92. The number of amides is 1. The summed E-state index contributed by atoms with van der Waals surface area (Å²) in [6.45, 7) is 4.04. The third kappa shape index (κ3) is 4.34. The van der Waals surface area contributed by atoms with E-state index in [1.165, 1.54) is 0 Å². The van der Waals surface area contributed by atoms with Crippen LogP contribution in [0.3, 0.4) is 0 Å². The molecule has 0 unspecified atom stereocenters. The molecular formula is C20H24N2O2. The van der Waals surface area contributed by atoms with Crippen LogP contribution in [0.5, 0.6) is 5.88 Å². The highest BCUT2D eigenvalue weighted by Gasteiger charge is 2.24. The number of nitrogens with zero attached hydrogens (tertiary/aromatic N) is 1. The van der Waals surface area contributed by atoms with E-state index in [1.54, 1.807) is 6.20 Å². The van der Waals surface area contributed by atoms with Crippen LogP contribution in [0.25, 0.3) is 0 Å². The van der Waals surface area contributed by atoms with Gasteiger partial charge >= 0.3 is 0 Å². The minimum absolute atomic E-state index is 0.0240. The zero-order valence-electron chi connectivity index (χ0n) is 14.3. The van der Waals surface area contributed by atoms with E-state index in [0.29, 0.717) is 5.88 Å². The average Bonchev–Trinajstić information content (AvgIpc) is 2.57. The molecule has 1 aliphatic rings. The van der Waals surface area contributed by atoms with Crippen molar-refractivity contribution in [2.45, 2.75) is 51.7 Å². The van der Waals surface area contributed by atoms with Crippen LogP contribution in [-0.4, -0.2) is 23.0 Å². The van der Waals surface area contributed by atoms with Crippen molar-refractivity contribution in [1.29, 1.82) is 0 Å². The summed E-state index contributed by atoms with van der Waals surface area (Å²) in [5, 5.41) is 3.16. The van der Waals surface area contributed by atoms with Crippen molar-refractivity contribution >= 4 is 5.91 Å². The van der Waals surface area contributed by atoms with E-state index in [0.717, 1.165) is 42.4 Å². The summed E-state index contributed by atoms with van der Waals surface area (Å²) in [5.74, 6) is 0.705. The molecule has 0 saturated heterocycles. The van der Waals surface area contributed by atoms with Gasteiger partial charge in [0, 0.05) is 23.9 Å². The van der Waals surface area contributed by atoms with Crippen molar-refractivity contribution in [2.24, 2.45) is 0 Å². The first-order valence-electron chi connectivity index (χ1n) is 8.57. The number of rotatable bonds is 4. The molecule has 126 valence electrons. The predicted octanol–water partition coefficient (Wildman–Crippen LogP) is 3.82. The average molecular weight is 324 g/mol. The number of hydrogen-bond acceptors (Lipinski definition) is 3. The molecule has 1 fully saturated rings. The molecule has 4 heteroatoms. The Morgan fingerprint density at radius 3 is 2.42 bits per heavy atom. The second kappa shape index (κ2) is 7.47. The predicted molar refractivity (Wildman–Crippen MR) is 94.3 cm³/mol. The van der Waals surface area contributed by atoms with Crippen LogP contribution >= 0.6 is 0 Å². The van der Waals surface area contributed by atoms with Gasteiger partial charge in [0.15, 0.2) is 0 Å². The number of carbonyl (C=O) groups excluding carboxylic acids is 1. The van der Waals surface area contributed by atoms with Gasteiger partial charge in [-0.15, -0.1) is 0 Å². The van der Waals surface area contributed by atoms with Crippen LogP contribution in [0, 0.1) is 13.8 Å². The standard InChI is InChI=1S/C20H24N2O2/c1-14-11-15(2)13-16(12-14)20(23)22-17-6-8-18(9-7-17)24-19-5-3-4-10-21-19/h3-5,10-13,17-18H,6-9H2,1-2H3,(H,22,23). The molecule has 3 rings (SSSR count). The summed E-state index contributed by atoms with van der Waals surface area (Å²) in [7, 11) is 0. The lowest BCUT2D eigenvalue weighted by molar-refractivity contribution is 0.0890. The van der Waals surface area contributed by atoms with Gasteiger partial charge < -0.3 is 10.1 Å². The summed E-state index contributed by atoms with van der Waals surface area (Å²) in [6.07, 6.45) is 5.68. The number of ether oxygens (including phenoxy) is 1. The fraction of sp³-hybridized carbons (Fsp3) is 0.400. The second-order valence-corrected chi connectivity index (χ2v) is 6.61. The van der Waals surface area contributed by atoms with E-state index < -0.39 is 0 Å². The Kier molecular flexibility index (Phi) is 5.14. The number of nitrogens with one attached hydrogen (secondary N) is 1. The molecule has 4 nitrogen and oxygen atoms in total. The molecule has 0 aliphatic heterocycles. The molecule has 1 aromatic heterocycles. The quantitative estimate of drug-likeness (QED) is 0.930. The molecule has 24 heavy (non-hydrogen) atoms. The van der Waals surface area contributed by atoms with Crippen molar-refractivity contribution in [3.8, 4) is 5.88 Å². The maximum Gasteiger partial charge on any atom is 0.251 e. The fourth-order valence-electron chi connectivity index (χ4n) is 3.29. The smallest absolute Gasteiger partial charge is 0.251 e. The lowest BCUT2D eigenvalue weighted by Crippen LogP contribution is -2.39. The monoisotopic (exact) mass is 324 g/mol. The Balaban J connectivity index is 1.51. The molecule has 0 radical (unpaired) electrons. The van der Waals surface area contributed by atoms with Crippen LogP contribution < -0.4 is 10.1 Å². The van der Waals surface area contributed by atoms with Gasteiger partial charge in [0.05, 0.1) is 0 Å². The molecular weight excluding hydrogens is 300 g/mol. The number of hydrogen-bond donors (Lipinski definition) is 1. The van der Waals surface area contributed by atoms with Crippen LogP contribution in [0.2, 0.25) is 0 Å². The van der Waals surface area contributed by atoms with Crippen molar-refractivity contribution in [1.82, 2.24) is 10.3 Å². The zero-order chi connectivity index (χ0) is 16.9. The molecule has 1 aromatic carbocycles. The Hall–Kier alpha value is -2.36. The Morgan fingerprint density at radius 2 is 1.79 bits per heavy atom. The molecule has 0 atom stereocenters. The van der Waals surface area contributed by atoms with Gasteiger partial charge in [-0.1, -0.05) is 23.3 Å². The van der Waals surface area contributed by atoms with E-state index in [4.69, 9.17) is 4.74 Å². The third-order valence-electron chi connectivity index (χ3n) is 4.42. The normalized spacial score (nSPS) is 20.4. The summed E-state index contributed by atoms with van der Waals surface area (Å²) < 4.78 is 5.90. The Bertz CT molecular complexity index is 672. The summed E-state index contributed by atoms with van der Waals surface area (Å²) in [4.78, 5) is 16.6. The van der Waals surface area contributed by atoms with Gasteiger partial charge in [0.25, 0.3) is 5.91 Å². The number of pyridine rings is 1. The van der Waals surface area contributed by atoms with E-state index >= 15 is 0 Å². The molecule has 1 saturated carbocycles. The first kappa shape index (κ1) is 16.5. The minimum atomic E-state index is 0.0240. The highest BCUT2D eigenvalue weighted by Crippen LogP contribution is 2.23. The van der Waals surface area contributed by atoms with E-state index in [2.05, 4.69) is 16.4 Å². The number of benzene rings is 1. The molecule has 2 aromatic rings. The van der Waals surface area contributed by atoms with Crippen LogP contribution in [0.1, 0.15) is 47.2 Å². The zero-order valence-corrected chi connectivity index (χ0v) is 14.3. The van der Waals surface area contributed by atoms with Crippen LogP contribution in [0.15, 0.2) is 42.6 Å². The number of aryl methyl sites for hydroxylation is 2. The topological polar surface area (TPSA) is 51.2 Å². The first-order chi connectivity index (χ1) is 11.6. The van der Waals surface area contributed by atoms with Crippen molar-refractivity contribution in [2.75, 3.05) is 0 Å². The molecule has 1 aliphatic carbocycles. The van der Waals surface area contributed by atoms with Crippen LogP contribution in [-0.2, 0) is 0 Å². The minimum Gasteiger partial charge on any atom is -0.474 e. The molecule has 0 spiro atoms. The second-order valence-electron chi connectivity index (χ2n) is 6.61. The largest absolute Gasteiger partial charge is 0.474 e. The van der Waals surface area contributed by atoms with Crippen molar-refractivity contribution in [3.05, 3.63) is 59.3 Å². The fourth-order valence-corrected chi connectivity index (χ4v) is 3.29. The maximum absolute atomic E-state index is 12.4. The lowest BCUT2D eigenvalue weighted by Gasteiger charge is -2.29. The summed E-state index contributed by atoms with van der Waals surface area (Å²) >= 11 is 0. The Labute approximate surface area is 143 Å². The van der Waals surface area contributed by atoms with Gasteiger partial charge in [-0.2, -0.15) is 0 Å². The number of carbonyl (C=O) groups is 1. The summed E-state index contributed by atoms with van der Waals surface area (Å²) in [5.41, 5.74) is 2.99. The molecule has 1 heterocycles. The van der Waals surface area contributed by atoms with E-state index in [1.807, 2.05) is 44.2 Å². The van der Waals surface area contributed by atoms with Crippen molar-refractivity contribution in [3.63, 3.8) is 0 Å². The Morgan fingerprint density at radius 1 is 1.08 bits per heavy atom. The van der Waals surface area contributed by atoms with Gasteiger partial charge in [0.1, 0.15) is 6.10 Å². The number of aromatic nitrogens is 1. The molecule has 0 bridgehead atoms. The van der Waals surface area contributed by atoms with Gasteiger partial charge in [-0.05, 0) is 57.7 Å². The highest BCUT2D eigenvalue weighted by atomic mass is 16.5. The highest BCUT2D eigenvalue weighted by molar-refractivity contribution is 5.94. The van der Waals surface area contributed by atoms with Crippen molar-refractivity contribution < 1.29 is 9.53 Å². The first-order valence-corrected chi connectivity index (χ1v) is 8.57. The summed E-state index contributed by atoms with van der Waals surface area (Å²) in [6, 6.07) is 11.9. The van der Waals surface area contributed by atoms with Crippen LogP contribution in [0.4, 0.5) is 0 Å². The van der Waals surface area contributed by atoms with Gasteiger partial charge in [0.2, 0.25) is 5.88 Å². The van der Waals surface area contributed by atoms with E-state index in [-0.39, 0.29) is 18.1 Å². The van der Waals surface area contributed by atoms with E-state index in [9.17, 15) is 4.79 Å². The van der Waals surface area contributed by atoms with Gasteiger partial charge in [-0.3, -0.25) is 4.79 Å². The maximum atomic E-state index is 12.4. The SMILES string of the molecule is Cc1cc(C)cc(C(=O)NC2CCC(Oc3ccccn3)CC2)c1. The van der Waals surface area contributed by atoms with Gasteiger partial charge in [-0.25, -0.2) is 4.98 Å². The molecule has 1 amide bonds.